The molecule has 0 unspecified atom stereocenters. The average molecular weight is 427 g/mol. The van der Waals surface area contributed by atoms with Gasteiger partial charge in [0.2, 0.25) is 5.91 Å². The molecule has 0 aliphatic carbocycles. The van der Waals surface area contributed by atoms with Gasteiger partial charge in [0.05, 0.1) is 6.42 Å². The number of hydrogen-bond acceptors (Lipinski definition) is 6. The fourth-order valence-electron chi connectivity index (χ4n) is 2.73. The summed E-state index contributed by atoms with van der Waals surface area (Å²) in [6.07, 6.45) is -0.0340. The molecule has 2 rings (SSSR count). The van der Waals surface area contributed by atoms with Crippen LogP contribution in [-0.4, -0.2) is 40.2 Å². The number of amides is 1. The molecule has 0 heterocycles. The van der Waals surface area contributed by atoms with E-state index in [9.17, 15) is 19.5 Å². The topological polar surface area (TPSA) is 102 Å². The highest BCUT2D eigenvalue weighted by atomic mass is 16.6. The van der Waals surface area contributed by atoms with Crippen LogP contribution in [0.25, 0.3) is 0 Å². The van der Waals surface area contributed by atoms with Crippen LogP contribution in [0, 0.1) is 0 Å². The van der Waals surface area contributed by atoms with Gasteiger partial charge in [-0.1, -0.05) is 60.7 Å². The number of hydrogen-bond donors (Lipinski definition) is 2. The first kappa shape index (κ1) is 24.1. The summed E-state index contributed by atoms with van der Waals surface area (Å²) in [6.45, 7) is 5.96. The standard InChI is InChI=1S/C24H29NO6/c1-23(2,3)31-22(28)24(4,29)20(21(27)30-16-18-13-9-6-10-14-18)25-19(26)15-17-11-7-5-8-12-17/h5-14,20,29H,15-16H2,1-4H3,(H,25,26)/t20-,24-/m1/s1. The molecule has 0 aliphatic rings. The monoisotopic (exact) mass is 427 g/mol. The van der Waals surface area contributed by atoms with Crippen molar-refractivity contribution in [2.45, 2.75) is 58.0 Å². The Balaban J connectivity index is 2.19. The highest BCUT2D eigenvalue weighted by molar-refractivity contribution is 5.93. The van der Waals surface area contributed by atoms with Crippen molar-refractivity contribution >= 4 is 17.8 Å². The summed E-state index contributed by atoms with van der Waals surface area (Å²) < 4.78 is 10.5. The molecule has 7 heteroatoms. The van der Waals surface area contributed by atoms with Crippen LogP contribution in [0.2, 0.25) is 0 Å². The summed E-state index contributed by atoms with van der Waals surface area (Å²) in [5, 5.41) is 13.3. The Bertz CT molecular complexity index is 887. The molecule has 166 valence electrons. The third kappa shape index (κ3) is 7.53. The molecule has 0 radical (unpaired) electrons. The number of carbonyl (C=O) groups is 3. The molecule has 2 aromatic carbocycles. The summed E-state index contributed by atoms with van der Waals surface area (Å²) >= 11 is 0. The molecule has 0 saturated carbocycles. The van der Waals surface area contributed by atoms with Gasteiger partial charge >= 0.3 is 11.9 Å². The van der Waals surface area contributed by atoms with Gasteiger partial charge in [-0.2, -0.15) is 0 Å². The van der Waals surface area contributed by atoms with Crippen molar-refractivity contribution in [2.75, 3.05) is 0 Å². The Hall–Kier alpha value is -3.19. The van der Waals surface area contributed by atoms with Crippen LogP contribution < -0.4 is 5.32 Å². The summed E-state index contributed by atoms with van der Waals surface area (Å²) in [5.41, 5.74) is -1.79. The first-order valence-electron chi connectivity index (χ1n) is 9.99. The third-order valence-electron chi connectivity index (χ3n) is 4.35. The van der Waals surface area contributed by atoms with Crippen LogP contribution in [-0.2, 0) is 36.9 Å². The van der Waals surface area contributed by atoms with Gasteiger partial charge in [0.15, 0.2) is 11.6 Å². The second-order valence-electron chi connectivity index (χ2n) is 8.41. The van der Waals surface area contributed by atoms with Crippen molar-refractivity contribution in [3.05, 3.63) is 71.8 Å². The second-order valence-corrected chi connectivity index (χ2v) is 8.41. The smallest absolute Gasteiger partial charge is 0.341 e. The summed E-state index contributed by atoms with van der Waals surface area (Å²) in [5.74, 6) is -2.53. The molecule has 31 heavy (non-hydrogen) atoms. The minimum absolute atomic E-state index is 0.0340. The number of nitrogens with one attached hydrogen (secondary N) is 1. The first-order valence-corrected chi connectivity index (χ1v) is 9.99. The van der Waals surface area contributed by atoms with Gasteiger partial charge in [-0.05, 0) is 38.8 Å². The van der Waals surface area contributed by atoms with E-state index < -0.39 is 35.1 Å². The maximum absolute atomic E-state index is 12.8. The number of carbonyl (C=O) groups excluding carboxylic acids is 3. The fraction of sp³-hybridized carbons (Fsp3) is 0.375. The van der Waals surface area contributed by atoms with Crippen molar-refractivity contribution in [1.82, 2.24) is 5.32 Å². The van der Waals surface area contributed by atoms with Crippen LogP contribution in [0.3, 0.4) is 0 Å². The highest BCUT2D eigenvalue weighted by Crippen LogP contribution is 2.20. The van der Waals surface area contributed by atoms with E-state index in [0.29, 0.717) is 5.56 Å². The molecule has 0 bridgehead atoms. The van der Waals surface area contributed by atoms with Gasteiger partial charge in [-0.3, -0.25) is 4.79 Å². The Morgan fingerprint density at radius 3 is 1.94 bits per heavy atom. The van der Waals surface area contributed by atoms with Gasteiger partial charge in [0, 0.05) is 0 Å². The van der Waals surface area contributed by atoms with Gasteiger partial charge in [-0.15, -0.1) is 0 Å². The first-order chi connectivity index (χ1) is 14.5. The molecule has 0 aliphatic heterocycles. The molecule has 0 fully saturated rings. The molecule has 0 saturated heterocycles. The average Bonchev–Trinajstić information content (AvgIpc) is 2.70. The lowest BCUT2D eigenvalue weighted by Gasteiger charge is -2.32. The quantitative estimate of drug-likeness (QED) is 0.628. The van der Waals surface area contributed by atoms with E-state index in [2.05, 4.69) is 5.32 Å². The molecule has 2 aromatic rings. The minimum atomic E-state index is -2.34. The molecule has 1 amide bonds. The van der Waals surface area contributed by atoms with Gasteiger partial charge in [-0.25, -0.2) is 9.59 Å². The zero-order chi connectivity index (χ0) is 23.1. The lowest BCUT2D eigenvalue weighted by atomic mass is 9.95. The van der Waals surface area contributed by atoms with E-state index >= 15 is 0 Å². The number of benzene rings is 2. The van der Waals surface area contributed by atoms with Gasteiger partial charge in [0.25, 0.3) is 0 Å². The number of rotatable bonds is 8. The number of ether oxygens (including phenoxy) is 2. The third-order valence-corrected chi connectivity index (χ3v) is 4.35. The highest BCUT2D eigenvalue weighted by Gasteiger charge is 2.48. The molecule has 2 atom stereocenters. The molecule has 0 aromatic heterocycles. The van der Waals surface area contributed by atoms with Crippen molar-refractivity contribution < 1.29 is 29.0 Å². The van der Waals surface area contributed by atoms with Crippen molar-refractivity contribution in [3.63, 3.8) is 0 Å². The fourth-order valence-corrected chi connectivity index (χ4v) is 2.73. The second kappa shape index (κ2) is 10.2. The normalized spacial score (nSPS) is 14.1. The van der Waals surface area contributed by atoms with Crippen LogP contribution in [0.5, 0.6) is 0 Å². The summed E-state index contributed by atoms with van der Waals surface area (Å²) in [7, 11) is 0. The number of aliphatic hydroxyl groups is 1. The number of esters is 2. The van der Waals surface area contributed by atoms with Crippen molar-refractivity contribution in [3.8, 4) is 0 Å². The van der Waals surface area contributed by atoms with E-state index in [4.69, 9.17) is 9.47 Å². The van der Waals surface area contributed by atoms with Crippen molar-refractivity contribution in [1.29, 1.82) is 0 Å². The van der Waals surface area contributed by atoms with Crippen LogP contribution >= 0.6 is 0 Å². The van der Waals surface area contributed by atoms with E-state index in [0.717, 1.165) is 12.5 Å². The maximum atomic E-state index is 12.8. The van der Waals surface area contributed by atoms with E-state index in [1.54, 1.807) is 69.3 Å². The maximum Gasteiger partial charge on any atom is 0.341 e. The molecule has 0 spiro atoms. The summed E-state index contributed by atoms with van der Waals surface area (Å²) in [6, 6.07) is 16.2. The van der Waals surface area contributed by atoms with E-state index in [-0.39, 0.29) is 13.0 Å². The van der Waals surface area contributed by atoms with Crippen molar-refractivity contribution in [2.24, 2.45) is 0 Å². The Morgan fingerprint density at radius 2 is 1.42 bits per heavy atom. The minimum Gasteiger partial charge on any atom is -0.459 e. The predicted molar refractivity (Wildman–Crippen MR) is 115 cm³/mol. The zero-order valence-corrected chi connectivity index (χ0v) is 18.3. The van der Waals surface area contributed by atoms with Gasteiger partial charge in [0.1, 0.15) is 12.2 Å². The predicted octanol–water partition coefficient (Wildman–Crippen LogP) is 2.55. The molecular weight excluding hydrogens is 398 g/mol. The zero-order valence-electron chi connectivity index (χ0n) is 18.3. The van der Waals surface area contributed by atoms with Gasteiger partial charge < -0.3 is 19.9 Å². The lowest BCUT2D eigenvalue weighted by molar-refractivity contribution is -0.184. The van der Waals surface area contributed by atoms with E-state index in [1.165, 1.54) is 0 Å². The molecule has 2 N–H and O–H groups in total. The van der Waals surface area contributed by atoms with E-state index in [1.807, 2.05) is 12.1 Å². The molecule has 7 nitrogen and oxygen atoms in total. The SMILES string of the molecule is CC(C)(C)OC(=O)[C@](C)(O)[C@H](NC(=O)Cc1ccccc1)C(=O)OCc1ccccc1. The van der Waals surface area contributed by atoms with Crippen LogP contribution in [0.4, 0.5) is 0 Å². The van der Waals surface area contributed by atoms with Crippen LogP contribution in [0.1, 0.15) is 38.8 Å². The Morgan fingerprint density at radius 1 is 0.903 bits per heavy atom. The summed E-state index contributed by atoms with van der Waals surface area (Å²) in [4.78, 5) is 38.0. The van der Waals surface area contributed by atoms with Crippen LogP contribution in [0.15, 0.2) is 60.7 Å². The molecular formula is C24H29NO6. The lowest BCUT2D eigenvalue weighted by Crippen LogP contribution is -2.61. The largest absolute Gasteiger partial charge is 0.459 e. The Kier molecular flexibility index (Phi) is 7.94. The Labute approximate surface area is 182 Å².